The average Bonchev–Trinajstić information content (AvgIpc) is 4.04. The van der Waals surface area contributed by atoms with Crippen molar-refractivity contribution in [3.05, 3.63) is 148 Å². The first kappa shape index (κ1) is 56.4. The van der Waals surface area contributed by atoms with Crippen molar-refractivity contribution < 1.29 is 65.3 Å². The number of aromatic nitrogens is 2. The molecule has 0 fully saturated rings. The molecule has 0 amide bonds. The summed E-state index contributed by atoms with van der Waals surface area (Å²) in [4.78, 5) is 63.5. The van der Waals surface area contributed by atoms with Crippen molar-refractivity contribution in [1.82, 2.24) is 9.97 Å². The number of rotatable bonds is 12. The topological polar surface area (TPSA) is 280 Å². The molecule has 2 aromatic carbocycles. The number of anilines is 1. The van der Waals surface area contributed by atoms with Gasteiger partial charge in [0.05, 0.1) is 21.4 Å². The Morgan fingerprint density at radius 1 is 0.859 bits per heavy atom. The van der Waals surface area contributed by atoms with Gasteiger partial charge in [-0.1, -0.05) is 45.5 Å². The first-order valence-corrected chi connectivity index (χ1v) is 23.6. The molecule has 7 rings (SSSR count). The van der Waals surface area contributed by atoms with E-state index in [4.69, 9.17) is 9.47 Å². The van der Waals surface area contributed by atoms with E-state index in [1.54, 1.807) is 0 Å². The molecule has 1 aliphatic heterocycles. The van der Waals surface area contributed by atoms with Gasteiger partial charge in [0, 0.05) is 104 Å². The molecule has 71 heavy (non-hydrogen) atoms. The molecular formula is C46H46BrCoN10O11S2-. The fourth-order valence-corrected chi connectivity index (χ4v) is 8.17. The van der Waals surface area contributed by atoms with Crippen LogP contribution in [0.5, 0.6) is 5.75 Å². The number of aliphatic hydroxyl groups is 2. The molecule has 25 heteroatoms. The molecule has 0 spiro atoms. The molecule has 0 saturated carbocycles. The second kappa shape index (κ2) is 25.6. The molecule has 3 heterocycles. The van der Waals surface area contributed by atoms with Crippen molar-refractivity contribution in [1.29, 1.82) is 0 Å². The van der Waals surface area contributed by atoms with Crippen LogP contribution in [-0.2, 0) is 36.5 Å². The van der Waals surface area contributed by atoms with Crippen molar-refractivity contribution in [2.24, 2.45) is 20.4 Å². The molecule has 3 aliphatic rings. The van der Waals surface area contributed by atoms with Crippen LogP contribution in [0.3, 0.4) is 0 Å². The molecule has 0 saturated heterocycles. The summed E-state index contributed by atoms with van der Waals surface area (Å²) in [6.45, 7) is 14.1. The van der Waals surface area contributed by atoms with E-state index in [9.17, 15) is 44.8 Å². The van der Waals surface area contributed by atoms with Crippen molar-refractivity contribution >= 4 is 101 Å². The van der Waals surface area contributed by atoms with E-state index in [1.807, 2.05) is 32.1 Å². The number of nitro groups is 2. The number of hydrogen-bond acceptors (Lipinski definition) is 18. The van der Waals surface area contributed by atoms with Crippen LogP contribution in [-0.4, -0.2) is 85.7 Å². The number of ketones is 2. The monoisotopic (exact) mass is 1120 g/mol. The number of benzene rings is 2. The molecule has 375 valence electrons. The number of nitrogens with zero attached hydrogens (tertiary/aromatic N) is 10. The number of hydrogen-bond donors (Lipinski definition) is 2. The number of fused-ring (bicyclic) bond motifs is 1. The average molecular weight is 1120 g/mol. The summed E-state index contributed by atoms with van der Waals surface area (Å²) < 4.78 is 14.2. The van der Waals surface area contributed by atoms with Gasteiger partial charge in [0.25, 0.3) is 0 Å². The summed E-state index contributed by atoms with van der Waals surface area (Å²) in [5.74, 6) is -0.826. The van der Waals surface area contributed by atoms with Crippen molar-refractivity contribution in [3.8, 4) is 5.75 Å². The van der Waals surface area contributed by atoms with Crippen LogP contribution >= 0.6 is 38.6 Å². The maximum atomic E-state index is 12.3. The van der Waals surface area contributed by atoms with Crippen LogP contribution in [0.1, 0.15) is 59.1 Å². The maximum Gasteiger partial charge on any atom is 0.514 e. The fourth-order valence-electron chi connectivity index (χ4n) is 6.70. The second-order valence-corrected chi connectivity index (χ2v) is 18.1. The summed E-state index contributed by atoms with van der Waals surface area (Å²) in [6, 6.07) is 12.4. The number of halogens is 1. The Bertz CT molecular complexity index is 2980. The predicted octanol–water partition coefficient (Wildman–Crippen LogP) is 8.23. The van der Waals surface area contributed by atoms with Crippen LogP contribution in [0.25, 0.3) is 6.08 Å². The number of aliphatic hydroxyl groups excluding tert-OH is 2. The molecule has 2 aliphatic carbocycles. The van der Waals surface area contributed by atoms with Gasteiger partial charge in [-0.15, -0.1) is 0 Å². The van der Waals surface area contributed by atoms with Gasteiger partial charge in [0.1, 0.15) is 35.7 Å². The Hall–Kier alpha value is -7.19. The third-order valence-electron chi connectivity index (χ3n) is 10.3. The first-order valence-electron chi connectivity index (χ1n) is 21.2. The molecule has 2 aromatic heterocycles. The first-order chi connectivity index (χ1) is 33.3. The van der Waals surface area contributed by atoms with E-state index in [-0.39, 0.29) is 82.4 Å². The largest absolute Gasteiger partial charge is 0.514 e. The van der Waals surface area contributed by atoms with Crippen LogP contribution in [0.15, 0.2) is 128 Å². The number of ether oxygens (including phenoxy) is 2. The van der Waals surface area contributed by atoms with Crippen LogP contribution in [0.2, 0.25) is 0 Å². The molecule has 2 N–H and O–H groups in total. The van der Waals surface area contributed by atoms with Gasteiger partial charge in [-0.05, 0) is 95.7 Å². The van der Waals surface area contributed by atoms with E-state index in [0.717, 1.165) is 82.5 Å². The Balaban J connectivity index is 0.000000250. The van der Waals surface area contributed by atoms with E-state index >= 15 is 0 Å². The molecular weight excluding hydrogens is 1070 g/mol. The van der Waals surface area contributed by atoms with Crippen LogP contribution in [0, 0.1) is 20.2 Å². The van der Waals surface area contributed by atoms with Gasteiger partial charge >= 0.3 is 16.2 Å². The molecule has 0 bridgehead atoms. The fraction of sp³-hybridized carbons (Fsp3) is 0.261. The van der Waals surface area contributed by atoms with Gasteiger partial charge in [0.2, 0.25) is 5.69 Å². The molecule has 1 unspecified atom stereocenters. The molecule has 1 radical (unpaired) electrons. The van der Waals surface area contributed by atoms with Crippen molar-refractivity contribution in [3.63, 3.8) is 0 Å². The van der Waals surface area contributed by atoms with E-state index in [1.165, 1.54) is 41.3 Å². The summed E-state index contributed by atoms with van der Waals surface area (Å²) in [7, 11) is 2.11. The molecule has 21 nitrogen and oxygen atoms in total. The van der Waals surface area contributed by atoms with E-state index in [2.05, 4.69) is 121 Å². The summed E-state index contributed by atoms with van der Waals surface area (Å²) in [6.07, 6.45) is 13.4. The third kappa shape index (κ3) is 14.9. The normalized spacial score (nSPS) is 17.6. The smallest absolute Gasteiger partial charge is 0.506 e. The minimum absolute atomic E-state index is 0. The number of carbonyl (C=O) groups is 3. The zero-order valence-electron chi connectivity index (χ0n) is 39.0. The van der Waals surface area contributed by atoms with Crippen LogP contribution < -0.4 is 29.2 Å². The SMILES string of the molecule is CCN(CC)c1ccc(/C=C/C2=[N+](C)c3ccc(Br)cc3C2(C)CC)c(OC(=O)OC(C)C)c1.O=C1C=CC(=NN=c2[n-]cc([N+](=O)[O-])s2)C(O)=C1.O=C1C=CC(=NN=c2[n-]cc([N+](=O)[O-])s2)C(O)=C1.[Co]. The van der Waals surface area contributed by atoms with Gasteiger partial charge in [-0.25, -0.2) is 4.79 Å². The Labute approximate surface area is 432 Å². The predicted molar refractivity (Wildman–Crippen MR) is 268 cm³/mol. The van der Waals surface area contributed by atoms with Gasteiger partial charge < -0.3 is 44.8 Å². The van der Waals surface area contributed by atoms with Gasteiger partial charge in [-0.2, -0.15) is 4.58 Å². The Morgan fingerprint density at radius 3 is 1.85 bits per heavy atom. The Kier molecular flexibility index (Phi) is 20.3. The summed E-state index contributed by atoms with van der Waals surface area (Å²) in [5, 5.41) is 53.9. The van der Waals surface area contributed by atoms with Crippen molar-refractivity contribution in [2.45, 2.75) is 59.5 Å². The zero-order chi connectivity index (χ0) is 51.3. The quantitative estimate of drug-likeness (QED) is 0.0338. The Morgan fingerprint density at radius 2 is 1.39 bits per heavy atom. The second-order valence-electron chi connectivity index (χ2n) is 15.2. The van der Waals surface area contributed by atoms with Gasteiger partial charge in [-0.3, -0.25) is 40.0 Å². The van der Waals surface area contributed by atoms with E-state index < -0.39 is 16.0 Å². The maximum absolute atomic E-state index is 12.3. The van der Waals surface area contributed by atoms with Crippen LogP contribution in [0.4, 0.5) is 26.2 Å². The molecule has 1 atom stereocenters. The minimum Gasteiger partial charge on any atom is -0.506 e. The van der Waals surface area contributed by atoms with E-state index in [0.29, 0.717) is 5.75 Å². The number of thiazole rings is 2. The summed E-state index contributed by atoms with van der Waals surface area (Å²) in [5.41, 5.74) is 5.61. The summed E-state index contributed by atoms with van der Waals surface area (Å²) >= 11 is 5.14. The van der Waals surface area contributed by atoms with Gasteiger partial charge in [0.15, 0.2) is 17.3 Å². The molecule has 4 aromatic rings. The third-order valence-corrected chi connectivity index (χ3v) is 12.5. The number of allylic oxidation sites excluding steroid dienone is 7. The van der Waals surface area contributed by atoms with Crippen molar-refractivity contribution in [2.75, 3.05) is 25.0 Å². The zero-order valence-corrected chi connectivity index (χ0v) is 43.3. The standard InChI is InChI=1S/C28H36BrN2O3.2C9H6N4O4S.Co/c1-8-28(6)23-17-21(29)13-15-24(23)30(7)26(28)16-12-20-11-14-22(31(9-2)10-3)18-25(20)34-27(32)33-19(4)5;2*14-5-1-2-6(7(15)3-5)11-12-9-10-4-8(18-9)13(16)17;/h11-19H,8-10H2,1-7H3;2*1-4H,(H2,10,12,14,15);/q+1;;;/p-2. The minimum atomic E-state index is -0.692. The number of carbonyl (C=O) groups excluding carboxylic acids is 3.